The molecule has 0 heterocycles. The molecule has 0 aromatic heterocycles. The molecule has 1 aromatic rings. The van der Waals surface area contributed by atoms with Crippen molar-refractivity contribution in [2.75, 3.05) is 18.0 Å². The van der Waals surface area contributed by atoms with Gasteiger partial charge in [0.05, 0.1) is 0 Å². The van der Waals surface area contributed by atoms with E-state index in [0.29, 0.717) is 25.4 Å². The molecule has 0 aliphatic carbocycles. The van der Waals surface area contributed by atoms with Gasteiger partial charge in [0.15, 0.2) is 0 Å². The van der Waals surface area contributed by atoms with Crippen molar-refractivity contribution < 1.29 is 9.59 Å². The number of carbonyl (C=O) groups excluding carboxylic acids is 2. The van der Waals surface area contributed by atoms with Crippen molar-refractivity contribution in [3.63, 3.8) is 0 Å². The average Bonchev–Trinajstić information content (AvgIpc) is 2.45. The standard InChI is InChI=1S/C17H26N2O2/c1-5-15-8-6-7-9-16(15)19(14(4)20)11-10-17(21)18-12-13(2)3/h6-9,13H,5,10-12H2,1-4H3,(H,18,21). The van der Waals surface area contributed by atoms with E-state index in [1.165, 1.54) is 0 Å². The van der Waals surface area contributed by atoms with Gasteiger partial charge in [-0.3, -0.25) is 9.59 Å². The minimum Gasteiger partial charge on any atom is -0.356 e. The first kappa shape index (κ1) is 17.2. The van der Waals surface area contributed by atoms with Crippen LogP contribution in [0.5, 0.6) is 0 Å². The molecule has 2 amide bonds. The molecule has 4 nitrogen and oxygen atoms in total. The van der Waals surface area contributed by atoms with Gasteiger partial charge in [-0.25, -0.2) is 0 Å². The summed E-state index contributed by atoms with van der Waals surface area (Å²) < 4.78 is 0. The summed E-state index contributed by atoms with van der Waals surface area (Å²) in [6.45, 7) is 8.80. The number of anilines is 1. The summed E-state index contributed by atoms with van der Waals surface area (Å²) in [4.78, 5) is 25.4. The number of nitrogens with one attached hydrogen (secondary N) is 1. The van der Waals surface area contributed by atoms with Crippen LogP contribution in [0, 0.1) is 5.92 Å². The lowest BCUT2D eigenvalue weighted by Crippen LogP contribution is -2.35. The fourth-order valence-corrected chi connectivity index (χ4v) is 2.14. The molecular weight excluding hydrogens is 264 g/mol. The van der Waals surface area contributed by atoms with Crippen molar-refractivity contribution in [1.82, 2.24) is 5.32 Å². The van der Waals surface area contributed by atoms with E-state index in [4.69, 9.17) is 0 Å². The predicted octanol–water partition coefficient (Wildman–Crippen LogP) is 2.76. The highest BCUT2D eigenvalue weighted by Crippen LogP contribution is 2.21. The number of aryl methyl sites for hydroxylation is 1. The summed E-state index contributed by atoms with van der Waals surface area (Å²) in [5, 5.41) is 2.88. The van der Waals surface area contributed by atoms with Crippen LogP contribution in [0.15, 0.2) is 24.3 Å². The maximum atomic E-state index is 11.9. The Balaban J connectivity index is 2.71. The molecule has 0 unspecified atom stereocenters. The molecule has 116 valence electrons. The van der Waals surface area contributed by atoms with E-state index in [9.17, 15) is 9.59 Å². The monoisotopic (exact) mass is 290 g/mol. The van der Waals surface area contributed by atoms with Crippen LogP contribution in [0.2, 0.25) is 0 Å². The van der Waals surface area contributed by atoms with E-state index >= 15 is 0 Å². The number of rotatable bonds is 7. The van der Waals surface area contributed by atoms with Crippen LogP contribution in [0.4, 0.5) is 5.69 Å². The van der Waals surface area contributed by atoms with E-state index in [1.54, 1.807) is 11.8 Å². The molecular formula is C17H26N2O2. The highest BCUT2D eigenvalue weighted by atomic mass is 16.2. The van der Waals surface area contributed by atoms with Crippen LogP contribution < -0.4 is 10.2 Å². The maximum absolute atomic E-state index is 11.9. The van der Waals surface area contributed by atoms with Crippen LogP contribution in [-0.2, 0) is 16.0 Å². The summed E-state index contributed by atoms with van der Waals surface area (Å²) >= 11 is 0. The molecule has 0 atom stereocenters. The number of amides is 2. The average molecular weight is 290 g/mol. The third-order valence-corrected chi connectivity index (χ3v) is 3.31. The Morgan fingerprint density at radius 2 is 1.90 bits per heavy atom. The van der Waals surface area contributed by atoms with Gasteiger partial charge in [-0.15, -0.1) is 0 Å². The van der Waals surface area contributed by atoms with Gasteiger partial charge in [-0.2, -0.15) is 0 Å². The lowest BCUT2D eigenvalue weighted by molar-refractivity contribution is -0.121. The molecule has 21 heavy (non-hydrogen) atoms. The molecule has 0 spiro atoms. The second kappa shape index (κ2) is 8.45. The third-order valence-electron chi connectivity index (χ3n) is 3.31. The normalized spacial score (nSPS) is 10.5. The molecule has 0 fully saturated rings. The van der Waals surface area contributed by atoms with Gasteiger partial charge in [0, 0.05) is 32.1 Å². The molecule has 1 N–H and O–H groups in total. The second-order valence-corrected chi connectivity index (χ2v) is 5.60. The second-order valence-electron chi connectivity index (χ2n) is 5.60. The smallest absolute Gasteiger partial charge is 0.223 e. The molecule has 1 aromatic carbocycles. The zero-order chi connectivity index (χ0) is 15.8. The SMILES string of the molecule is CCc1ccccc1N(CCC(=O)NCC(C)C)C(C)=O. The highest BCUT2D eigenvalue weighted by Gasteiger charge is 2.15. The van der Waals surface area contributed by atoms with Crippen LogP contribution in [0.1, 0.15) is 39.7 Å². The van der Waals surface area contributed by atoms with Gasteiger partial charge in [-0.1, -0.05) is 39.0 Å². The van der Waals surface area contributed by atoms with Gasteiger partial charge in [-0.05, 0) is 24.0 Å². The topological polar surface area (TPSA) is 49.4 Å². The van der Waals surface area contributed by atoms with Crippen LogP contribution in [0.25, 0.3) is 0 Å². The molecule has 0 saturated heterocycles. The van der Waals surface area contributed by atoms with Crippen molar-refractivity contribution in [3.8, 4) is 0 Å². The zero-order valence-corrected chi connectivity index (χ0v) is 13.5. The fraction of sp³-hybridized carbons (Fsp3) is 0.529. The first-order chi connectivity index (χ1) is 9.95. The van der Waals surface area contributed by atoms with Gasteiger partial charge in [0.2, 0.25) is 11.8 Å². The fourth-order valence-electron chi connectivity index (χ4n) is 2.14. The minimum absolute atomic E-state index is 0.0103. The van der Waals surface area contributed by atoms with Crippen molar-refractivity contribution in [2.45, 2.75) is 40.5 Å². The number of para-hydroxylation sites is 1. The Morgan fingerprint density at radius 3 is 2.48 bits per heavy atom. The number of hydrogen-bond acceptors (Lipinski definition) is 2. The molecule has 1 rings (SSSR count). The lowest BCUT2D eigenvalue weighted by Gasteiger charge is -2.23. The molecule has 0 aliphatic heterocycles. The molecule has 0 radical (unpaired) electrons. The van der Waals surface area contributed by atoms with Crippen molar-refractivity contribution in [3.05, 3.63) is 29.8 Å². The van der Waals surface area contributed by atoms with Gasteiger partial charge < -0.3 is 10.2 Å². The van der Waals surface area contributed by atoms with Crippen LogP contribution in [0.3, 0.4) is 0 Å². The molecule has 0 bridgehead atoms. The minimum atomic E-state index is -0.0347. The molecule has 0 saturated carbocycles. The Bertz CT molecular complexity index is 483. The van der Waals surface area contributed by atoms with E-state index in [-0.39, 0.29) is 11.8 Å². The Hall–Kier alpha value is -1.84. The Morgan fingerprint density at radius 1 is 1.24 bits per heavy atom. The summed E-state index contributed by atoms with van der Waals surface area (Å²) in [7, 11) is 0. The van der Waals surface area contributed by atoms with E-state index in [1.807, 2.05) is 24.3 Å². The largest absolute Gasteiger partial charge is 0.356 e. The van der Waals surface area contributed by atoms with Crippen LogP contribution in [-0.4, -0.2) is 24.9 Å². The van der Waals surface area contributed by atoms with Gasteiger partial charge in [0.1, 0.15) is 0 Å². The third kappa shape index (κ3) is 5.58. The summed E-state index contributed by atoms with van der Waals surface area (Å²) in [5.41, 5.74) is 2.03. The first-order valence-corrected chi connectivity index (χ1v) is 7.58. The number of benzene rings is 1. The number of hydrogen-bond donors (Lipinski definition) is 1. The summed E-state index contributed by atoms with van der Waals surface area (Å²) in [6.07, 6.45) is 1.18. The Labute approximate surface area is 127 Å². The van der Waals surface area contributed by atoms with E-state index in [2.05, 4.69) is 26.1 Å². The molecule has 0 aliphatic rings. The van der Waals surface area contributed by atoms with Gasteiger partial charge in [0.25, 0.3) is 0 Å². The summed E-state index contributed by atoms with van der Waals surface area (Å²) in [6, 6.07) is 7.84. The lowest BCUT2D eigenvalue weighted by atomic mass is 10.1. The van der Waals surface area contributed by atoms with Crippen molar-refractivity contribution >= 4 is 17.5 Å². The Kier molecular flexibility index (Phi) is 6.92. The number of nitrogens with zero attached hydrogens (tertiary/aromatic N) is 1. The van der Waals surface area contributed by atoms with Gasteiger partial charge >= 0.3 is 0 Å². The van der Waals surface area contributed by atoms with Crippen molar-refractivity contribution in [1.29, 1.82) is 0 Å². The highest BCUT2D eigenvalue weighted by molar-refractivity contribution is 5.93. The first-order valence-electron chi connectivity index (χ1n) is 7.58. The maximum Gasteiger partial charge on any atom is 0.223 e. The van der Waals surface area contributed by atoms with Crippen LogP contribution >= 0.6 is 0 Å². The zero-order valence-electron chi connectivity index (χ0n) is 13.5. The predicted molar refractivity (Wildman–Crippen MR) is 86.3 cm³/mol. The quantitative estimate of drug-likeness (QED) is 0.839. The van der Waals surface area contributed by atoms with E-state index < -0.39 is 0 Å². The molecule has 4 heteroatoms. The van der Waals surface area contributed by atoms with E-state index in [0.717, 1.165) is 17.7 Å². The summed E-state index contributed by atoms with van der Waals surface area (Å²) in [5.74, 6) is 0.384. The number of carbonyl (C=O) groups is 2. The van der Waals surface area contributed by atoms with Crippen molar-refractivity contribution in [2.24, 2.45) is 5.92 Å².